The quantitative estimate of drug-likeness (QED) is 0.222. The molecule has 1 aliphatic heterocycles. The third-order valence-corrected chi connectivity index (χ3v) is 7.40. The minimum absolute atomic E-state index is 0.00128. The highest BCUT2D eigenvalue weighted by Crippen LogP contribution is 2.45. The fourth-order valence-corrected chi connectivity index (χ4v) is 5.56. The van der Waals surface area contributed by atoms with Crippen LogP contribution in [0.5, 0.6) is 28.7 Å². The van der Waals surface area contributed by atoms with Crippen LogP contribution < -0.4 is 18.9 Å². The van der Waals surface area contributed by atoms with Gasteiger partial charge in [0.15, 0.2) is 11.5 Å². The molecule has 0 unspecified atom stereocenters. The van der Waals surface area contributed by atoms with Crippen LogP contribution in [0.2, 0.25) is 0 Å². The van der Waals surface area contributed by atoms with Crippen molar-refractivity contribution in [2.45, 2.75) is 32.8 Å². The Morgan fingerprint density at radius 1 is 0.861 bits per heavy atom. The Bertz CT molecular complexity index is 1260. The fraction of sp³-hybridized carbons (Fsp3) is 0.333. The number of hydrogen-bond acceptors (Lipinski definition) is 6. The lowest BCUT2D eigenvalue weighted by Gasteiger charge is -2.18. The number of fused-ring (bicyclic) bond motifs is 1. The van der Waals surface area contributed by atoms with Crippen molar-refractivity contribution in [3.05, 3.63) is 66.7 Å². The van der Waals surface area contributed by atoms with Crippen molar-refractivity contribution in [2.24, 2.45) is 0 Å². The normalized spacial score (nSPS) is 13.9. The Kier molecular flexibility index (Phi) is 7.63. The molecule has 0 spiro atoms. The number of benzene rings is 3. The van der Waals surface area contributed by atoms with Crippen molar-refractivity contribution in [1.29, 1.82) is 0 Å². The number of hydrogen-bond donors (Lipinski definition) is 0. The van der Waals surface area contributed by atoms with E-state index < -0.39 is 0 Å². The van der Waals surface area contributed by atoms with Crippen molar-refractivity contribution < 1.29 is 18.9 Å². The van der Waals surface area contributed by atoms with Crippen LogP contribution in [0.1, 0.15) is 26.7 Å². The zero-order valence-electron chi connectivity index (χ0n) is 21.2. The van der Waals surface area contributed by atoms with Crippen molar-refractivity contribution in [3.8, 4) is 39.2 Å². The topological polar surface area (TPSA) is 40.2 Å². The number of likely N-dealkylation sites (tertiary alicyclic amines) is 1. The smallest absolute Gasteiger partial charge is 0.170 e. The largest absolute Gasteiger partial charge is 0.496 e. The molecule has 5 rings (SSSR count). The number of thiophene rings is 1. The molecule has 1 fully saturated rings. The molecule has 0 saturated carbocycles. The fourth-order valence-electron chi connectivity index (χ4n) is 4.47. The number of nitrogens with zero attached hydrogens (tertiary/aromatic N) is 1. The molecule has 0 amide bonds. The Hall–Kier alpha value is -3.22. The second-order valence-corrected chi connectivity index (χ2v) is 10.4. The van der Waals surface area contributed by atoms with Gasteiger partial charge in [0.05, 0.1) is 13.2 Å². The van der Waals surface area contributed by atoms with E-state index in [0.29, 0.717) is 18.1 Å². The summed E-state index contributed by atoms with van der Waals surface area (Å²) < 4.78 is 25.4. The molecule has 4 aromatic rings. The van der Waals surface area contributed by atoms with Crippen molar-refractivity contribution in [1.82, 2.24) is 4.90 Å². The van der Waals surface area contributed by atoms with E-state index in [9.17, 15) is 0 Å². The Labute approximate surface area is 217 Å². The highest BCUT2D eigenvalue weighted by molar-refractivity contribution is 7.22. The van der Waals surface area contributed by atoms with Crippen LogP contribution in [-0.4, -0.2) is 44.4 Å². The highest BCUT2D eigenvalue weighted by atomic mass is 32.1. The molecule has 188 valence electrons. The minimum Gasteiger partial charge on any atom is -0.496 e. The molecule has 5 nitrogen and oxygen atoms in total. The summed E-state index contributed by atoms with van der Waals surface area (Å²) in [6.45, 7) is 8.05. The monoisotopic (exact) mass is 503 g/mol. The number of ether oxygens (including phenoxy) is 4. The van der Waals surface area contributed by atoms with Gasteiger partial charge in [0.2, 0.25) is 0 Å². The number of methoxy groups -OCH3 is 1. The molecule has 0 N–H and O–H groups in total. The maximum Gasteiger partial charge on any atom is 0.170 e. The minimum atomic E-state index is -0.00128. The lowest BCUT2D eigenvalue weighted by atomic mass is 10.1. The number of rotatable bonds is 10. The molecule has 0 radical (unpaired) electrons. The van der Waals surface area contributed by atoms with E-state index in [0.717, 1.165) is 34.2 Å². The highest BCUT2D eigenvalue weighted by Gasteiger charge is 2.18. The van der Waals surface area contributed by atoms with E-state index in [2.05, 4.69) is 35.2 Å². The predicted molar refractivity (Wildman–Crippen MR) is 147 cm³/mol. The van der Waals surface area contributed by atoms with Crippen LogP contribution >= 0.6 is 11.3 Å². The molecule has 0 atom stereocenters. The third-order valence-electron chi connectivity index (χ3n) is 6.25. The first-order chi connectivity index (χ1) is 17.6. The SMILES string of the molecule is COc1cc(OC(C)C)c(Oc2ccc(OCCN3CCCC3)cc2)cc1-c1cc2ccccc2s1. The Balaban J connectivity index is 1.38. The van der Waals surface area contributed by atoms with Gasteiger partial charge in [-0.15, -0.1) is 11.3 Å². The lowest BCUT2D eigenvalue weighted by Crippen LogP contribution is -2.25. The summed E-state index contributed by atoms with van der Waals surface area (Å²) in [5.74, 6) is 3.63. The van der Waals surface area contributed by atoms with Crippen LogP contribution in [0.3, 0.4) is 0 Å². The zero-order valence-corrected chi connectivity index (χ0v) is 22.0. The Morgan fingerprint density at radius 3 is 2.33 bits per heavy atom. The summed E-state index contributed by atoms with van der Waals surface area (Å²) in [7, 11) is 1.69. The molecule has 1 aromatic heterocycles. The molecule has 3 aromatic carbocycles. The van der Waals surface area contributed by atoms with E-state index in [1.165, 1.54) is 36.0 Å². The molecule has 1 aliphatic rings. The second-order valence-electron chi connectivity index (χ2n) is 9.28. The zero-order chi connectivity index (χ0) is 24.9. The van der Waals surface area contributed by atoms with Crippen molar-refractivity contribution in [3.63, 3.8) is 0 Å². The Morgan fingerprint density at radius 2 is 1.61 bits per heavy atom. The van der Waals surface area contributed by atoms with Crippen LogP contribution in [0.15, 0.2) is 66.7 Å². The van der Waals surface area contributed by atoms with E-state index in [1.54, 1.807) is 18.4 Å². The van der Waals surface area contributed by atoms with E-state index in [1.807, 2.05) is 50.2 Å². The first kappa shape index (κ1) is 24.5. The van der Waals surface area contributed by atoms with Gasteiger partial charge in [-0.05, 0) is 87.6 Å². The predicted octanol–water partition coefficient (Wildman–Crippen LogP) is 7.63. The maximum atomic E-state index is 6.35. The maximum absolute atomic E-state index is 6.35. The van der Waals surface area contributed by atoms with Crippen LogP contribution in [0.4, 0.5) is 0 Å². The standard InChI is InChI=1S/C30H33NO4S/c1-21(2)34-28-20-26(32-3)25(30-18-22-8-4-5-9-29(22)36-30)19-27(28)35-24-12-10-23(11-13-24)33-17-16-31-14-6-7-15-31/h4-5,8-13,18-21H,6-7,14-17H2,1-3H3. The van der Waals surface area contributed by atoms with Gasteiger partial charge >= 0.3 is 0 Å². The molecular weight excluding hydrogens is 470 g/mol. The molecule has 2 heterocycles. The summed E-state index contributed by atoms with van der Waals surface area (Å²) in [6.07, 6.45) is 2.59. The molecule has 1 saturated heterocycles. The van der Waals surface area contributed by atoms with Crippen LogP contribution in [0.25, 0.3) is 20.5 Å². The van der Waals surface area contributed by atoms with E-state index in [-0.39, 0.29) is 6.10 Å². The average molecular weight is 504 g/mol. The van der Waals surface area contributed by atoms with E-state index >= 15 is 0 Å². The van der Waals surface area contributed by atoms with Gasteiger partial charge in [-0.3, -0.25) is 4.90 Å². The van der Waals surface area contributed by atoms with Crippen molar-refractivity contribution in [2.75, 3.05) is 33.4 Å². The average Bonchev–Trinajstić information content (AvgIpc) is 3.55. The van der Waals surface area contributed by atoms with Gasteiger partial charge in [-0.25, -0.2) is 0 Å². The first-order valence-electron chi connectivity index (χ1n) is 12.6. The second kappa shape index (κ2) is 11.2. The summed E-state index contributed by atoms with van der Waals surface area (Å²) in [4.78, 5) is 3.57. The van der Waals surface area contributed by atoms with Crippen LogP contribution in [-0.2, 0) is 0 Å². The van der Waals surface area contributed by atoms with Crippen LogP contribution in [0, 0.1) is 0 Å². The first-order valence-corrected chi connectivity index (χ1v) is 13.4. The summed E-state index contributed by atoms with van der Waals surface area (Å²) >= 11 is 1.74. The van der Waals surface area contributed by atoms with Gasteiger partial charge < -0.3 is 18.9 Å². The van der Waals surface area contributed by atoms with Crippen molar-refractivity contribution >= 4 is 21.4 Å². The molecule has 6 heteroatoms. The summed E-state index contributed by atoms with van der Waals surface area (Å²) in [6, 6.07) is 22.3. The van der Waals surface area contributed by atoms with Gasteiger partial charge in [0, 0.05) is 27.8 Å². The summed E-state index contributed by atoms with van der Waals surface area (Å²) in [5.41, 5.74) is 0.978. The van der Waals surface area contributed by atoms with Gasteiger partial charge in [0.1, 0.15) is 23.9 Å². The summed E-state index contributed by atoms with van der Waals surface area (Å²) in [5, 5.41) is 1.21. The molecule has 0 aliphatic carbocycles. The third kappa shape index (κ3) is 5.77. The molecule has 0 bridgehead atoms. The molecular formula is C30H33NO4S. The van der Waals surface area contributed by atoms with Gasteiger partial charge in [-0.1, -0.05) is 18.2 Å². The lowest BCUT2D eigenvalue weighted by molar-refractivity contribution is 0.232. The van der Waals surface area contributed by atoms with E-state index in [4.69, 9.17) is 18.9 Å². The van der Waals surface area contributed by atoms with Gasteiger partial charge in [0.25, 0.3) is 0 Å². The molecule has 36 heavy (non-hydrogen) atoms. The van der Waals surface area contributed by atoms with Gasteiger partial charge in [-0.2, -0.15) is 0 Å².